The highest BCUT2D eigenvalue weighted by molar-refractivity contribution is 9.10. The fourth-order valence-electron chi connectivity index (χ4n) is 6.67. The molecule has 200 valence electrons. The van der Waals surface area contributed by atoms with Gasteiger partial charge in [-0.3, -0.25) is 0 Å². The van der Waals surface area contributed by atoms with Gasteiger partial charge < -0.3 is 24.6 Å². The molecule has 10 heteroatoms. The Labute approximate surface area is 232 Å². The highest BCUT2D eigenvalue weighted by Crippen LogP contribution is 2.70. The van der Waals surface area contributed by atoms with Gasteiger partial charge in [0.05, 0.1) is 18.8 Å². The normalized spacial score (nSPS) is 30.6. The zero-order valence-corrected chi connectivity index (χ0v) is 22.7. The Balaban J connectivity index is 1.58. The molecule has 2 aromatic carbocycles. The molecule has 0 radical (unpaired) electrons. The molecular weight excluding hydrogens is 582 g/mol. The van der Waals surface area contributed by atoms with Gasteiger partial charge in [-0.2, -0.15) is 0 Å². The van der Waals surface area contributed by atoms with E-state index < -0.39 is 41.5 Å². The van der Waals surface area contributed by atoms with Crippen molar-refractivity contribution >= 4 is 27.5 Å². The number of aliphatic hydroxyl groups is 2. The molecule has 1 aromatic heterocycles. The van der Waals surface area contributed by atoms with Crippen LogP contribution < -0.4 is 9.47 Å². The van der Waals surface area contributed by atoms with E-state index in [0.717, 1.165) is 10.0 Å². The van der Waals surface area contributed by atoms with E-state index >= 15 is 0 Å². The van der Waals surface area contributed by atoms with Crippen LogP contribution >= 0.6 is 27.5 Å². The van der Waals surface area contributed by atoms with Crippen molar-refractivity contribution in [2.45, 2.75) is 29.6 Å². The smallest absolute Gasteiger partial charge is 0.243 e. The Morgan fingerprint density at radius 2 is 1.87 bits per heavy atom. The van der Waals surface area contributed by atoms with E-state index in [2.05, 4.69) is 20.9 Å². The second-order valence-electron chi connectivity index (χ2n) is 10.2. The van der Waals surface area contributed by atoms with Crippen molar-refractivity contribution in [1.82, 2.24) is 9.88 Å². The summed E-state index contributed by atoms with van der Waals surface area (Å²) in [5.74, 6) is -1.51. The zero-order chi connectivity index (χ0) is 26.8. The Morgan fingerprint density at radius 1 is 1.18 bits per heavy atom. The third kappa shape index (κ3) is 3.63. The van der Waals surface area contributed by atoms with E-state index in [-0.39, 0.29) is 35.4 Å². The van der Waals surface area contributed by atoms with Gasteiger partial charge in [0, 0.05) is 47.9 Å². The molecular formula is C28H26BrClF2N2O4. The standard InChI is InChI=1S/C28H26BrClF2N2O4/c1-37-26-23-20(11-21(30)33-26)38-28(17-7-9-18(29)10-8-17)22(15-5-3-2-4-6-15)19(24(35)27(23,28)36)14-34-12-16(13-34)25(31)32/h2-11,16,19,22,24-25,35-36H,12-14H2,1H3. The number of aliphatic hydroxyl groups excluding tert-OH is 1. The lowest BCUT2D eigenvalue weighted by Gasteiger charge is -2.43. The maximum Gasteiger partial charge on any atom is 0.243 e. The maximum atomic E-state index is 13.3. The van der Waals surface area contributed by atoms with Gasteiger partial charge in [-0.15, -0.1) is 0 Å². The van der Waals surface area contributed by atoms with Crippen molar-refractivity contribution in [3.8, 4) is 11.6 Å². The van der Waals surface area contributed by atoms with Gasteiger partial charge in [-0.1, -0.05) is 70.0 Å². The number of halogens is 4. The second kappa shape index (κ2) is 9.41. The lowest BCUT2D eigenvalue weighted by molar-refractivity contribution is -0.153. The summed E-state index contributed by atoms with van der Waals surface area (Å²) in [4.78, 5) is 6.17. The SMILES string of the molecule is COc1nc(Cl)cc2c1C1(O)C(O)C(CN3CC(C(F)F)C3)C(c3ccccc3)C1(c1ccc(Br)cc1)O2. The van der Waals surface area contributed by atoms with Crippen LogP contribution in [-0.2, 0) is 11.2 Å². The van der Waals surface area contributed by atoms with Crippen molar-refractivity contribution in [3.05, 3.63) is 87.0 Å². The topological polar surface area (TPSA) is 75.0 Å². The van der Waals surface area contributed by atoms with Crippen molar-refractivity contribution in [2.75, 3.05) is 26.7 Å². The number of hydrogen-bond acceptors (Lipinski definition) is 6. The Kier molecular flexibility index (Phi) is 6.43. The molecule has 2 aliphatic heterocycles. The van der Waals surface area contributed by atoms with E-state index in [1.165, 1.54) is 13.2 Å². The molecule has 1 aliphatic carbocycles. The monoisotopic (exact) mass is 606 g/mol. The quantitative estimate of drug-likeness (QED) is 0.387. The number of methoxy groups -OCH3 is 1. The third-order valence-corrected chi connectivity index (χ3v) is 9.00. The highest BCUT2D eigenvalue weighted by atomic mass is 79.9. The summed E-state index contributed by atoms with van der Waals surface area (Å²) < 4.78 is 39.7. The van der Waals surface area contributed by atoms with Gasteiger partial charge in [-0.25, -0.2) is 13.8 Å². The van der Waals surface area contributed by atoms with E-state index in [9.17, 15) is 19.0 Å². The summed E-state index contributed by atoms with van der Waals surface area (Å²) in [5, 5.41) is 25.0. The summed E-state index contributed by atoms with van der Waals surface area (Å²) >= 11 is 9.77. The molecule has 1 saturated heterocycles. The Morgan fingerprint density at radius 3 is 2.50 bits per heavy atom. The predicted octanol–water partition coefficient (Wildman–Crippen LogP) is 4.95. The highest BCUT2D eigenvalue weighted by Gasteiger charge is 2.77. The molecule has 3 heterocycles. The Hall–Kier alpha value is -2.30. The van der Waals surface area contributed by atoms with Crippen LogP contribution in [0.4, 0.5) is 8.78 Å². The minimum atomic E-state index is -2.39. The number of likely N-dealkylation sites (tertiary alicyclic amines) is 1. The molecule has 1 saturated carbocycles. The van der Waals surface area contributed by atoms with Crippen molar-refractivity contribution in [1.29, 1.82) is 0 Å². The number of nitrogens with zero attached hydrogens (tertiary/aromatic N) is 2. The van der Waals surface area contributed by atoms with Crippen LogP contribution in [0.3, 0.4) is 0 Å². The molecule has 6 nitrogen and oxygen atoms in total. The number of rotatable bonds is 6. The second-order valence-corrected chi connectivity index (χ2v) is 11.6. The van der Waals surface area contributed by atoms with Crippen LogP contribution in [0.5, 0.6) is 11.6 Å². The molecule has 0 bridgehead atoms. The number of benzene rings is 2. The minimum Gasteiger partial charge on any atom is -0.481 e. The van der Waals surface area contributed by atoms with Crippen LogP contribution in [0.1, 0.15) is 22.6 Å². The van der Waals surface area contributed by atoms with Gasteiger partial charge in [0.2, 0.25) is 12.3 Å². The number of alkyl halides is 2. The lowest BCUT2D eigenvalue weighted by atomic mass is 9.70. The number of pyridine rings is 1. The first-order chi connectivity index (χ1) is 18.2. The van der Waals surface area contributed by atoms with E-state index in [1.807, 2.05) is 59.5 Å². The summed E-state index contributed by atoms with van der Waals surface area (Å²) in [5.41, 5.74) is -1.78. The summed E-state index contributed by atoms with van der Waals surface area (Å²) in [7, 11) is 1.42. The van der Waals surface area contributed by atoms with Crippen molar-refractivity contribution in [2.24, 2.45) is 11.8 Å². The van der Waals surface area contributed by atoms with Crippen LogP contribution in [0.25, 0.3) is 0 Å². The van der Waals surface area contributed by atoms with Crippen LogP contribution in [0.2, 0.25) is 5.15 Å². The first kappa shape index (κ1) is 26.0. The molecule has 6 rings (SSSR count). The maximum absolute atomic E-state index is 13.3. The Bertz CT molecular complexity index is 1340. The largest absolute Gasteiger partial charge is 0.481 e. The van der Waals surface area contributed by atoms with Crippen LogP contribution in [0.15, 0.2) is 65.1 Å². The average molecular weight is 608 g/mol. The fraction of sp³-hybridized carbons (Fsp3) is 0.393. The summed E-state index contributed by atoms with van der Waals surface area (Å²) in [6.45, 7) is 0.751. The molecule has 5 atom stereocenters. The molecule has 0 amide bonds. The number of hydrogen-bond donors (Lipinski definition) is 2. The van der Waals surface area contributed by atoms with Crippen LogP contribution in [-0.4, -0.2) is 59.4 Å². The molecule has 3 aliphatic rings. The zero-order valence-electron chi connectivity index (χ0n) is 20.4. The molecule has 3 aromatic rings. The molecule has 5 unspecified atom stereocenters. The number of fused-ring (bicyclic) bond motifs is 3. The first-order valence-electron chi connectivity index (χ1n) is 12.4. The van der Waals surface area contributed by atoms with Gasteiger partial charge in [-0.05, 0) is 23.3 Å². The third-order valence-electron chi connectivity index (χ3n) is 8.27. The lowest BCUT2D eigenvalue weighted by Crippen LogP contribution is -2.53. The van der Waals surface area contributed by atoms with Crippen LogP contribution in [0, 0.1) is 11.8 Å². The van der Waals surface area contributed by atoms with Gasteiger partial charge in [0.1, 0.15) is 10.9 Å². The molecule has 2 N–H and O–H groups in total. The van der Waals surface area contributed by atoms with Gasteiger partial charge in [0.25, 0.3) is 0 Å². The molecule has 38 heavy (non-hydrogen) atoms. The van der Waals surface area contributed by atoms with E-state index in [1.54, 1.807) is 0 Å². The summed E-state index contributed by atoms with van der Waals surface area (Å²) in [6.07, 6.45) is -3.74. The molecule has 2 fully saturated rings. The van der Waals surface area contributed by atoms with Crippen molar-refractivity contribution < 1.29 is 28.5 Å². The minimum absolute atomic E-state index is 0.0576. The average Bonchev–Trinajstić information content (AvgIpc) is 3.23. The predicted molar refractivity (Wildman–Crippen MR) is 141 cm³/mol. The fourth-order valence-corrected chi connectivity index (χ4v) is 7.11. The van der Waals surface area contributed by atoms with E-state index in [4.69, 9.17) is 21.1 Å². The molecule has 0 spiro atoms. The van der Waals surface area contributed by atoms with Crippen molar-refractivity contribution in [3.63, 3.8) is 0 Å². The summed E-state index contributed by atoms with van der Waals surface area (Å²) in [6, 6.07) is 18.5. The first-order valence-corrected chi connectivity index (χ1v) is 13.5. The van der Waals surface area contributed by atoms with Gasteiger partial charge in [0.15, 0.2) is 11.2 Å². The number of aromatic nitrogens is 1. The van der Waals surface area contributed by atoms with E-state index in [0.29, 0.717) is 12.1 Å². The number of ether oxygens (including phenoxy) is 2. The van der Waals surface area contributed by atoms with Gasteiger partial charge >= 0.3 is 0 Å².